The van der Waals surface area contributed by atoms with Crippen LogP contribution in [0, 0.1) is 28.6 Å². The molecule has 10 atom stereocenters. The minimum atomic E-state index is -0.974. The number of Topliss-reactive ketones (excluding diaryl/α,β-unsaturated/α-hetero) is 1. The molecule has 0 spiro atoms. The van der Waals surface area contributed by atoms with Crippen LogP contribution < -0.4 is 0 Å². The van der Waals surface area contributed by atoms with E-state index in [1.54, 1.807) is 13.0 Å². The van der Waals surface area contributed by atoms with Crippen LogP contribution in [0.1, 0.15) is 79.1 Å². The molecule has 0 bridgehead atoms. The largest absolute Gasteiger partial charge is 0.493 e. The van der Waals surface area contributed by atoms with Gasteiger partial charge in [-0.15, -0.1) is 0 Å². The number of hydrogen-bond acceptors (Lipinski definition) is 6. The van der Waals surface area contributed by atoms with E-state index in [4.69, 9.17) is 14.2 Å². The van der Waals surface area contributed by atoms with Crippen molar-refractivity contribution >= 4 is 5.78 Å². The molecule has 0 radical (unpaired) electrons. The van der Waals surface area contributed by atoms with Crippen molar-refractivity contribution in [3.05, 3.63) is 23.5 Å². The van der Waals surface area contributed by atoms with Crippen LogP contribution >= 0.6 is 0 Å². The predicted molar refractivity (Wildman–Crippen MR) is 128 cm³/mol. The molecule has 6 nitrogen and oxygen atoms in total. The standard InChI is InChI=1S/C28H42O6/c1-16-14-23(32-5)24(30)25(33-16)34-19-8-11-26(3)18(15-19)6-7-20-21(26)9-12-27(4)22(20)10-13-28(27,31)17(2)29/h6,14,16-17,19-22,25,29,31H,7-13,15H2,1-5H3/t16-,17+,19+,20-,21+,22+,25+,26+,27+,28+/m1/s1. The summed E-state index contributed by atoms with van der Waals surface area (Å²) in [7, 11) is 1.51. The zero-order chi connectivity index (χ0) is 24.5. The van der Waals surface area contributed by atoms with E-state index in [-0.39, 0.29) is 28.8 Å². The third-order valence-electron chi connectivity index (χ3n) is 10.7. The zero-order valence-corrected chi connectivity index (χ0v) is 21.4. The molecule has 5 rings (SSSR count). The topological polar surface area (TPSA) is 85.2 Å². The van der Waals surface area contributed by atoms with Gasteiger partial charge in [-0.2, -0.15) is 0 Å². The van der Waals surface area contributed by atoms with Crippen molar-refractivity contribution in [1.82, 2.24) is 0 Å². The first-order valence-corrected chi connectivity index (χ1v) is 13.2. The highest BCUT2D eigenvalue weighted by Gasteiger charge is 2.65. The molecule has 6 heteroatoms. The van der Waals surface area contributed by atoms with Gasteiger partial charge in [0, 0.05) is 5.41 Å². The van der Waals surface area contributed by atoms with Crippen molar-refractivity contribution in [3.63, 3.8) is 0 Å². The molecule has 0 amide bonds. The third-order valence-corrected chi connectivity index (χ3v) is 10.7. The zero-order valence-electron chi connectivity index (χ0n) is 21.4. The number of hydrogen-bond donors (Lipinski definition) is 2. The lowest BCUT2D eigenvalue weighted by Crippen LogP contribution is -2.58. The summed E-state index contributed by atoms with van der Waals surface area (Å²) in [5, 5.41) is 21.9. The van der Waals surface area contributed by atoms with Gasteiger partial charge in [-0.1, -0.05) is 25.5 Å². The Morgan fingerprint density at radius 1 is 1.15 bits per heavy atom. The number of ketones is 1. The summed E-state index contributed by atoms with van der Waals surface area (Å²) in [6.45, 7) is 8.31. The minimum absolute atomic E-state index is 0.0334. The number of aliphatic hydroxyl groups excluding tert-OH is 1. The number of carbonyl (C=O) groups excluding carboxylic acids is 1. The molecule has 1 heterocycles. The molecule has 3 saturated carbocycles. The molecule has 5 aliphatic rings. The molecular formula is C28H42O6. The summed E-state index contributed by atoms with van der Waals surface area (Å²) in [5.41, 5.74) is 0.416. The van der Waals surface area contributed by atoms with Crippen molar-refractivity contribution in [2.24, 2.45) is 28.6 Å². The molecule has 2 N–H and O–H groups in total. The van der Waals surface area contributed by atoms with Gasteiger partial charge in [0.2, 0.25) is 6.29 Å². The van der Waals surface area contributed by atoms with Crippen LogP contribution in [0.5, 0.6) is 0 Å². The first-order chi connectivity index (χ1) is 16.0. The first kappa shape index (κ1) is 24.5. The Kier molecular flexibility index (Phi) is 6.07. The fraction of sp³-hybridized carbons (Fsp3) is 0.821. The Bertz CT molecular complexity index is 893. The summed E-state index contributed by atoms with van der Waals surface area (Å²) in [4.78, 5) is 12.6. The Balaban J connectivity index is 1.32. The molecule has 4 aliphatic carbocycles. The van der Waals surface area contributed by atoms with Crippen molar-refractivity contribution < 1.29 is 29.2 Å². The lowest BCUT2D eigenvalue weighted by atomic mass is 9.46. The molecule has 0 unspecified atom stereocenters. The van der Waals surface area contributed by atoms with E-state index in [2.05, 4.69) is 19.9 Å². The predicted octanol–water partition coefficient (Wildman–Crippen LogP) is 4.29. The van der Waals surface area contributed by atoms with E-state index < -0.39 is 18.0 Å². The maximum absolute atomic E-state index is 12.6. The summed E-state index contributed by atoms with van der Waals surface area (Å²) in [5.74, 6) is 1.69. The van der Waals surface area contributed by atoms with E-state index in [0.29, 0.717) is 29.9 Å². The van der Waals surface area contributed by atoms with E-state index in [9.17, 15) is 15.0 Å². The Labute approximate surface area is 203 Å². The molecule has 1 aliphatic heterocycles. The van der Waals surface area contributed by atoms with Crippen molar-refractivity contribution in [2.45, 2.75) is 109 Å². The summed E-state index contributed by atoms with van der Waals surface area (Å²) in [6, 6.07) is 0. The molecular weight excluding hydrogens is 432 g/mol. The fourth-order valence-electron chi connectivity index (χ4n) is 8.63. The number of ether oxygens (including phenoxy) is 3. The number of fused-ring (bicyclic) bond motifs is 5. The van der Waals surface area contributed by atoms with Crippen molar-refractivity contribution in [3.8, 4) is 0 Å². The molecule has 0 aromatic carbocycles. The maximum Gasteiger partial charge on any atom is 0.252 e. The van der Waals surface area contributed by atoms with Gasteiger partial charge in [-0.3, -0.25) is 4.79 Å². The van der Waals surface area contributed by atoms with E-state index >= 15 is 0 Å². The van der Waals surface area contributed by atoms with Crippen LogP contribution in [0.2, 0.25) is 0 Å². The van der Waals surface area contributed by atoms with Crippen molar-refractivity contribution in [2.75, 3.05) is 7.11 Å². The highest BCUT2D eigenvalue weighted by molar-refractivity contribution is 5.96. The smallest absolute Gasteiger partial charge is 0.252 e. The average Bonchev–Trinajstić information content (AvgIpc) is 3.08. The van der Waals surface area contributed by atoms with Crippen LogP contribution in [0.4, 0.5) is 0 Å². The van der Waals surface area contributed by atoms with E-state index in [1.165, 1.54) is 12.7 Å². The number of allylic oxidation sites excluding steroid dienone is 1. The van der Waals surface area contributed by atoms with Gasteiger partial charge < -0.3 is 24.4 Å². The molecule has 34 heavy (non-hydrogen) atoms. The van der Waals surface area contributed by atoms with Crippen LogP contribution in [0.3, 0.4) is 0 Å². The number of carbonyl (C=O) groups is 1. The average molecular weight is 475 g/mol. The van der Waals surface area contributed by atoms with E-state index in [0.717, 1.165) is 44.9 Å². The Morgan fingerprint density at radius 2 is 1.88 bits per heavy atom. The maximum atomic E-state index is 12.6. The van der Waals surface area contributed by atoms with Gasteiger partial charge in [0.15, 0.2) is 5.76 Å². The van der Waals surface area contributed by atoms with Gasteiger partial charge in [0.25, 0.3) is 5.78 Å². The Morgan fingerprint density at radius 3 is 2.59 bits per heavy atom. The van der Waals surface area contributed by atoms with Crippen LogP contribution in [-0.4, -0.2) is 53.3 Å². The van der Waals surface area contributed by atoms with E-state index in [1.807, 2.05) is 6.92 Å². The third kappa shape index (κ3) is 3.47. The summed E-state index contributed by atoms with van der Waals surface area (Å²) >= 11 is 0. The molecule has 190 valence electrons. The van der Waals surface area contributed by atoms with Crippen molar-refractivity contribution in [1.29, 1.82) is 0 Å². The summed E-state index contributed by atoms with van der Waals surface area (Å²) < 4.78 is 17.2. The van der Waals surface area contributed by atoms with Gasteiger partial charge in [-0.05, 0) is 94.5 Å². The lowest BCUT2D eigenvalue weighted by Gasteiger charge is -2.59. The van der Waals surface area contributed by atoms with Gasteiger partial charge in [0.05, 0.1) is 31.0 Å². The second kappa shape index (κ2) is 8.43. The van der Waals surface area contributed by atoms with Gasteiger partial charge >= 0.3 is 0 Å². The molecule has 0 saturated heterocycles. The minimum Gasteiger partial charge on any atom is -0.493 e. The highest BCUT2D eigenvalue weighted by Crippen LogP contribution is 2.67. The van der Waals surface area contributed by atoms with Gasteiger partial charge in [-0.25, -0.2) is 0 Å². The van der Waals surface area contributed by atoms with Crippen LogP contribution in [0.15, 0.2) is 23.5 Å². The number of rotatable bonds is 4. The highest BCUT2D eigenvalue weighted by atomic mass is 16.7. The quantitative estimate of drug-likeness (QED) is 0.591. The number of methoxy groups -OCH3 is 1. The number of aliphatic hydroxyl groups is 2. The first-order valence-electron chi connectivity index (χ1n) is 13.2. The van der Waals surface area contributed by atoms with Crippen LogP contribution in [-0.2, 0) is 19.0 Å². The summed E-state index contributed by atoms with van der Waals surface area (Å²) in [6.07, 6.45) is 9.87. The molecule has 0 aromatic heterocycles. The second-order valence-corrected chi connectivity index (χ2v) is 12.1. The second-order valence-electron chi connectivity index (χ2n) is 12.1. The molecule has 3 fully saturated rings. The normalized spacial score (nSPS) is 49.3. The van der Waals surface area contributed by atoms with Crippen LogP contribution in [0.25, 0.3) is 0 Å². The lowest BCUT2D eigenvalue weighted by molar-refractivity contribution is -0.200. The SMILES string of the molecule is COC1=C[C@@H](C)O[C@@H](O[C@H]2CC[C@@]3(C)C(=CC[C@@H]4[C@@H]3CC[C@@]3(C)[C@H]4CC[C@]3(O)[C@H](C)O)C2)C1=O. The fourth-order valence-corrected chi connectivity index (χ4v) is 8.63. The monoisotopic (exact) mass is 474 g/mol. The Hall–Kier alpha value is -1.21. The molecule has 0 aromatic rings. The van der Waals surface area contributed by atoms with Gasteiger partial charge in [0.1, 0.15) is 0 Å².